The highest BCUT2D eigenvalue weighted by atomic mass is 32.1. The Balaban J connectivity index is 1.63. The topological polar surface area (TPSA) is 59.6 Å². The quantitative estimate of drug-likeness (QED) is 0.372. The summed E-state index contributed by atoms with van der Waals surface area (Å²) in [5, 5.41) is 6.80. The van der Waals surface area contributed by atoms with Gasteiger partial charge in [0.15, 0.2) is 22.4 Å². The van der Waals surface area contributed by atoms with Crippen molar-refractivity contribution in [3.8, 4) is 11.5 Å². The first-order valence-electron chi connectivity index (χ1n) is 10.7. The largest absolute Gasteiger partial charge is 0.493 e. The van der Waals surface area contributed by atoms with Crippen LogP contribution in [0.4, 0.5) is 0 Å². The van der Waals surface area contributed by atoms with Gasteiger partial charge in [-0.05, 0) is 49.3 Å². The van der Waals surface area contributed by atoms with Crippen LogP contribution in [-0.2, 0) is 6.61 Å². The van der Waals surface area contributed by atoms with Crippen LogP contribution in [-0.4, -0.2) is 18.0 Å². The Morgan fingerprint density at radius 1 is 0.970 bits per heavy atom. The predicted octanol–water partition coefficient (Wildman–Crippen LogP) is 5.26. The lowest BCUT2D eigenvalue weighted by atomic mass is 9.89. The SMILES string of the molecule is COc1cc(C2NC(=S)NC(C)=C2C(=O)c2ccccc2)ccc1OCc1ccc(C)cc1. The molecule has 0 spiro atoms. The highest BCUT2D eigenvalue weighted by Crippen LogP contribution is 2.35. The normalized spacial score (nSPS) is 15.5. The van der Waals surface area contributed by atoms with Crippen LogP contribution in [0.3, 0.4) is 0 Å². The molecule has 1 atom stereocenters. The van der Waals surface area contributed by atoms with E-state index in [2.05, 4.69) is 29.7 Å². The second kappa shape index (κ2) is 9.88. The Kier molecular flexibility index (Phi) is 6.75. The Morgan fingerprint density at radius 3 is 2.39 bits per heavy atom. The molecule has 4 rings (SSSR count). The summed E-state index contributed by atoms with van der Waals surface area (Å²) in [6.07, 6.45) is 0. The van der Waals surface area contributed by atoms with Crippen LogP contribution in [0.1, 0.15) is 40.0 Å². The second-order valence-electron chi connectivity index (χ2n) is 7.95. The number of nitrogens with one attached hydrogen (secondary N) is 2. The Bertz CT molecular complexity index is 1200. The summed E-state index contributed by atoms with van der Waals surface area (Å²) in [6, 6.07) is 22.7. The van der Waals surface area contributed by atoms with Crippen molar-refractivity contribution in [1.82, 2.24) is 10.6 Å². The Morgan fingerprint density at radius 2 is 1.70 bits per heavy atom. The number of rotatable bonds is 7. The van der Waals surface area contributed by atoms with Crippen molar-refractivity contribution in [3.05, 3.63) is 106 Å². The van der Waals surface area contributed by atoms with E-state index in [0.29, 0.717) is 34.4 Å². The van der Waals surface area contributed by atoms with Crippen LogP contribution >= 0.6 is 12.2 Å². The molecule has 6 heteroatoms. The fourth-order valence-electron chi connectivity index (χ4n) is 3.82. The standard InChI is InChI=1S/C27H26N2O3S/c1-17-9-11-19(12-10-17)16-32-22-14-13-21(15-23(22)31-3)25-24(18(2)28-27(33)29-25)26(30)20-7-5-4-6-8-20/h4-15,25H,16H2,1-3H3,(H2,28,29,33). The van der Waals surface area contributed by atoms with Crippen LogP contribution in [0.15, 0.2) is 84.1 Å². The van der Waals surface area contributed by atoms with E-state index in [4.69, 9.17) is 21.7 Å². The van der Waals surface area contributed by atoms with E-state index in [9.17, 15) is 4.79 Å². The van der Waals surface area contributed by atoms with Gasteiger partial charge < -0.3 is 20.1 Å². The molecular weight excluding hydrogens is 432 g/mol. The number of hydrogen-bond acceptors (Lipinski definition) is 4. The predicted molar refractivity (Wildman–Crippen MR) is 134 cm³/mol. The molecule has 3 aromatic carbocycles. The van der Waals surface area contributed by atoms with E-state index in [1.54, 1.807) is 7.11 Å². The van der Waals surface area contributed by atoms with E-state index < -0.39 is 6.04 Å². The number of ketones is 1. The smallest absolute Gasteiger partial charge is 0.193 e. The third-order valence-electron chi connectivity index (χ3n) is 5.59. The number of carbonyl (C=O) groups is 1. The zero-order chi connectivity index (χ0) is 23.4. The molecule has 1 aliphatic heterocycles. The molecule has 0 amide bonds. The van der Waals surface area contributed by atoms with E-state index in [1.807, 2.05) is 67.6 Å². The van der Waals surface area contributed by atoms with Gasteiger partial charge in [-0.1, -0.05) is 66.2 Å². The molecule has 1 aliphatic rings. The minimum absolute atomic E-state index is 0.0562. The molecule has 3 aromatic rings. The minimum atomic E-state index is -0.411. The van der Waals surface area contributed by atoms with Gasteiger partial charge in [-0.3, -0.25) is 4.79 Å². The third-order valence-corrected chi connectivity index (χ3v) is 5.81. The summed E-state index contributed by atoms with van der Waals surface area (Å²) in [5.74, 6) is 1.17. The molecule has 1 unspecified atom stereocenters. The van der Waals surface area contributed by atoms with Crippen LogP contribution in [0.2, 0.25) is 0 Å². The maximum absolute atomic E-state index is 13.4. The molecule has 0 fully saturated rings. The van der Waals surface area contributed by atoms with Gasteiger partial charge in [-0.25, -0.2) is 0 Å². The number of allylic oxidation sites excluding steroid dienone is 1. The summed E-state index contributed by atoms with van der Waals surface area (Å²) in [4.78, 5) is 13.4. The van der Waals surface area contributed by atoms with Crippen molar-refractivity contribution in [2.24, 2.45) is 0 Å². The lowest BCUT2D eigenvalue weighted by Gasteiger charge is -2.30. The monoisotopic (exact) mass is 458 g/mol. The van der Waals surface area contributed by atoms with E-state index in [0.717, 1.165) is 16.8 Å². The van der Waals surface area contributed by atoms with E-state index >= 15 is 0 Å². The summed E-state index contributed by atoms with van der Waals surface area (Å²) in [5.41, 5.74) is 5.11. The second-order valence-corrected chi connectivity index (χ2v) is 8.36. The summed E-state index contributed by atoms with van der Waals surface area (Å²) < 4.78 is 11.6. The molecule has 0 saturated heterocycles. The Hall–Kier alpha value is -3.64. The van der Waals surface area contributed by atoms with Crippen molar-refractivity contribution in [3.63, 3.8) is 0 Å². The summed E-state index contributed by atoms with van der Waals surface area (Å²) in [7, 11) is 1.61. The van der Waals surface area contributed by atoms with Gasteiger partial charge in [0.2, 0.25) is 0 Å². The minimum Gasteiger partial charge on any atom is -0.493 e. The number of Topliss-reactive ketones (excluding diaryl/α,β-unsaturated/α-hetero) is 1. The molecule has 1 heterocycles. The zero-order valence-corrected chi connectivity index (χ0v) is 19.7. The molecule has 0 radical (unpaired) electrons. The van der Waals surface area contributed by atoms with Crippen molar-refractivity contribution in [2.75, 3.05) is 7.11 Å². The van der Waals surface area contributed by atoms with Crippen molar-refractivity contribution in [2.45, 2.75) is 26.5 Å². The maximum Gasteiger partial charge on any atom is 0.193 e. The van der Waals surface area contributed by atoms with Crippen LogP contribution in [0, 0.1) is 6.92 Å². The Labute approximate surface area is 199 Å². The zero-order valence-electron chi connectivity index (χ0n) is 18.8. The van der Waals surface area contributed by atoms with Crippen molar-refractivity contribution < 1.29 is 14.3 Å². The lowest BCUT2D eigenvalue weighted by molar-refractivity contribution is 0.102. The molecular formula is C27H26N2O3S. The number of carbonyl (C=O) groups excluding carboxylic acids is 1. The fraction of sp³-hybridized carbons (Fsp3) is 0.185. The van der Waals surface area contributed by atoms with Crippen molar-refractivity contribution >= 4 is 23.1 Å². The lowest BCUT2D eigenvalue weighted by Crippen LogP contribution is -2.44. The van der Waals surface area contributed by atoms with Gasteiger partial charge in [0.25, 0.3) is 0 Å². The van der Waals surface area contributed by atoms with Gasteiger partial charge in [-0.15, -0.1) is 0 Å². The number of thiocarbonyl (C=S) groups is 1. The number of ether oxygens (including phenoxy) is 2. The van der Waals surface area contributed by atoms with Crippen LogP contribution in [0.5, 0.6) is 11.5 Å². The first-order valence-corrected chi connectivity index (χ1v) is 11.1. The van der Waals surface area contributed by atoms with Gasteiger partial charge in [0.1, 0.15) is 6.61 Å². The van der Waals surface area contributed by atoms with Crippen LogP contribution in [0.25, 0.3) is 0 Å². The first kappa shape index (κ1) is 22.6. The van der Waals surface area contributed by atoms with Crippen LogP contribution < -0.4 is 20.1 Å². The van der Waals surface area contributed by atoms with Crippen molar-refractivity contribution in [1.29, 1.82) is 0 Å². The highest BCUT2D eigenvalue weighted by molar-refractivity contribution is 7.80. The van der Waals surface area contributed by atoms with E-state index in [-0.39, 0.29) is 5.78 Å². The molecule has 168 valence electrons. The molecule has 0 aromatic heterocycles. The van der Waals surface area contributed by atoms with Gasteiger partial charge >= 0.3 is 0 Å². The fourth-order valence-corrected chi connectivity index (χ4v) is 4.09. The number of benzene rings is 3. The average Bonchev–Trinajstić information content (AvgIpc) is 2.83. The number of aryl methyl sites for hydroxylation is 1. The molecule has 0 saturated carbocycles. The van der Waals surface area contributed by atoms with Gasteiger partial charge in [0.05, 0.1) is 13.2 Å². The van der Waals surface area contributed by atoms with Gasteiger partial charge in [0, 0.05) is 16.8 Å². The van der Waals surface area contributed by atoms with Gasteiger partial charge in [-0.2, -0.15) is 0 Å². The molecule has 0 bridgehead atoms. The maximum atomic E-state index is 13.4. The average molecular weight is 459 g/mol. The molecule has 5 nitrogen and oxygen atoms in total. The third kappa shape index (κ3) is 5.07. The van der Waals surface area contributed by atoms with E-state index in [1.165, 1.54) is 5.56 Å². The first-order chi connectivity index (χ1) is 16.0. The highest BCUT2D eigenvalue weighted by Gasteiger charge is 2.31. The number of methoxy groups -OCH3 is 1. The molecule has 0 aliphatic carbocycles. The molecule has 33 heavy (non-hydrogen) atoms. The summed E-state index contributed by atoms with van der Waals surface area (Å²) >= 11 is 5.38. The number of hydrogen-bond donors (Lipinski definition) is 2. The summed E-state index contributed by atoms with van der Waals surface area (Å²) in [6.45, 7) is 4.36. The molecule has 2 N–H and O–H groups in total.